The zero-order chi connectivity index (χ0) is 12.6. The van der Waals surface area contributed by atoms with Crippen LogP contribution in [-0.4, -0.2) is 4.98 Å². The Morgan fingerprint density at radius 2 is 1.94 bits per heavy atom. The van der Waals surface area contributed by atoms with Crippen LogP contribution in [0.2, 0.25) is 5.02 Å². The second kappa shape index (κ2) is 3.90. The molecule has 0 fully saturated rings. The van der Waals surface area contributed by atoms with Gasteiger partial charge in [0.05, 0.1) is 16.1 Å². The summed E-state index contributed by atoms with van der Waals surface area (Å²) in [5.74, 6) is 0. The molecule has 0 saturated carbocycles. The van der Waals surface area contributed by atoms with Crippen molar-refractivity contribution in [3.05, 3.63) is 40.5 Å². The molecule has 0 aliphatic heterocycles. The molecule has 1 aromatic carbocycles. The molecule has 0 spiro atoms. The SMILES string of the molecule is N#Cc1ccc2cc(C(F)(F)F)c(Cl)cc2n1. The normalized spacial score (nSPS) is 11.5. The van der Waals surface area contributed by atoms with E-state index in [0.717, 1.165) is 12.1 Å². The second-order valence-corrected chi connectivity index (χ2v) is 3.74. The molecule has 1 heterocycles. The second-order valence-electron chi connectivity index (χ2n) is 3.33. The Morgan fingerprint density at radius 3 is 2.53 bits per heavy atom. The lowest BCUT2D eigenvalue weighted by atomic mass is 10.1. The zero-order valence-corrected chi connectivity index (χ0v) is 8.97. The molecule has 0 unspecified atom stereocenters. The lowest BCUT2D eigenvalue weighted by molar-refractivity contribution is -0.137. The van der Waals surface area contributed by atoms with Crippen molar-refractivity contribution in [2.45, 2.75) is 6.18 Å². The molecule has 6 heteroatoms. The van der Waals surface area contributed by atoms with Gasteiger partial charge < -0.3 is 0 Å². The number of nitrogens with zero attached hydrogens (tertiary/aromatic N) is 2. The minimum absolute atomic E-state index is 0.133. The van der Waals surface area contributed by atoms with Gasteiger partial charge in [-0.2, -0.15) is 18.4 Å². The van der Waals surface area contributed by atoms with Crippen LogP contribution in [0.15, 0.2) is 24.3 Å². The lowest BCUT2D eigenvalue weighted by Crippen LogP contribution is -2.05. The van der Waals surface area contributed by atoms with Crippen LogP contribution in [0.5, 0.6) is 0 Å². The maximum Gasteiger partial charge on any atom is 0.417 e. The van der Waals surface area contributed by atoms with Crippen molar-refractivity contribution < 1.29 is 13.2 Å². The number of halogens is 4. The van der Waals surface area contributed by atoms with Crippen molar-refractivity contribution in [2.75, 3.05) is 0 Å². The zero-order valence-electron chi connectivity index (χ0n) is 8.22. The molecule has 2 nitrogen and oxygen atoms in total. The van der Waals surface area contributed by atoms with Crippen LogP contribution in [0, 0.1) is 11.3 Å². The molecule has 0 N–H and O–H groups in total. The van der Waals surface area contributed by atoms with Gasteiger partial charge in [-0.1, -0.05) is 11.6 Å². The van der Waals surface area contributed by atoms with Gasteiger partial charge >= 0.3 is 6.18 Å². The van der Waals surface area contributed by atoms with E-state index in [1.165, 1.54) is 12.1 Å². The average Bonchev–Trinajstić information content (AvgIpc) is 2.25. The third kappa shape index (κ3) is 2.17. The van der Waals surface area contributed by atoms with E-state index in [1.54, 1.807) is 6.07 Å². The highest BCUT2D eigenvalue weighted by Crippen LogP contribution is 2.36. The first-order valence-electron chi connectivity index (χ1n) is 4.49. The third-order valence-electron chi connectivity index (χ3n) is 2.20. The van der Waals surface area contributed by atoms with Crippen LogP contribution in [0.3, 0.4) is 0 Å². The molecule has 0 atom stereocenters. The van der Waals surface area contributed by atoms with Crippen molar-refractivity contribution in [3.63, 3.8) is 0 Å². The molecule has 0 amide bonds. The summed E-state index contributed by atoms with van der Waals surface area (Å²) in [5.41, 5.74) is -0.506. The molecule has 0 saturated heterocycles. The minimum Gasteiger partial charge on any atom is -0.237 e. The van der Waals surface area contributed by atoms with E-state index in [9.17, 15) is 13.2 Å². The first-order valence-corrected chi connectivity index (χ1v) is 4.87. The molecule has 0 radical (unpaired) electrons. The van der Waals surface area contributed by atoms with E-state index in [1.807, 2.05) is 0 Å². The number of rotatable bonds is 0. The molecule has 86 valence electrons. The molecule has 0 bridgehead atoms. The lowest BCUT2D eigenvalue weighted by Gasteiger charge is -2.09. The minimum atomic E-state index is -4.50. The molecule has 1 aromatic heterocycles. The summed E-state index contributed by atoms with van der Waals surface area (Å²) in [6, 6.07) is 6.61. The summed E-state index contributed by atoms with van der Waals surface area (Å²) in [7, 11) is 0. The number of benzene rings is 1. The quantitative estimate of drug-likeness (QED) is 0.719. The maximum absolute atomic E-state index is 12.6. The van der Waals surface area contributed by atoms with Gasteiger partial charge in [0.25, 0.3) is 0 Å². The van der Waals surface area contributed by atoms with Crippen LogP contribution in [0.1, 0.15) is 11.3 Å². The highest BCUT2D eigenvalue weighted by Gasteiger charge is 2.33. The number of hydrogen-bond acceptors (Lipinski definition) is 2. The van der Waals surface area contributed by atoms with Gasteiger partial charge in [0, 0.05) is 5.39 Å². The maximum atomic E-state index is 12.6. The van der Waals surface area contributed by atoms with E-state index in [-0.39, 0.29) is 11.2 Å². The first-order chi connectivity index (χ1) is 7.91. The number of fused-ring (bicyclic) bond motifs is 1. The fraction of sp³-hybridized carbons (Fsp3) is 0.0909. The summed E-state index contributed by atoms with van der Waals surface area (Å²) in [6.45, 7) is 0. The largest absolute Gasteiger partial charge is 0.417 e. The van der Waals surface area contributed by atoms with Gasteiger partial charge in [0.1, 0.15) is 11.8 Å². The highest BCUT2D eigenvalue weighted by molar-refractivity contribution is 6.32. The molecular formula is C11H4ClF3N2. The predicted molar refractivity (Wildman–Crippen MR) is 56.5 cm³/mol. The van der Waals surface area contributed by atoms with E-state index >= 15 is 0 Å². The van der Waals surface area contributed by atoms with Crippen LogP contribution in [-0.2, 0) is 6.18 Å². The number of hydrogen-bond donors (Lipinski definition) is 0. The number of nitriles is 1. The molecule has 2 aromatic rings. The molecular weight excluding hydrogens is 253 g/mol. The summed E-state index contributed by atoms with van der Waals surface area (Å²) in [6.07, 6.45) is -4.50. The summed E-state index contributed by atoms with van der Waals surface area (Å²) in [4.78, 5) is 3.86. The third-order valence-corrected chi connectivity index (χ3v) is 2.51. The standard InChI is InChI=1S/C11H4ClF3N2/c12-9-4-10-6(1-2-7(5-16)17-10)3-8(9)11(13,14)15/h1-4H. The number of aromatic nitrogens is 1. The summed E-state index contributed by atoms with van der Waals surface area (Å²) >= 11 is 5.54. The van der Waals surface area contributed by atoms with E-state index < -0.39 is 16.8 Å². The van der Waals surface area contributed by atoms with E-state index in [2.05, 4.69) is 4.98 Å². The Kier molecular flexibility index (Phi) is 2.68. The van der Waals surface area contributed by atoms with Gasteiger partial charge in [0.15, 0.2) is 0 Å². The van der Waals surface area contributed by atoms with Crippen molar-refractivity contribution in [1.82, 2.24) is 4.98 Å². The molecule has 17 heavy (non-hydrogen) atoms. The van der Waals surface area contributed by atoms with Crippen molar-refractivity contribution in [3.8, 4) is 6.07 Å². The van der Waals surface area contributed by atoms with E-state index in [4.69, 9.17) is 16.9 Å². The highest BCUT2D eigenvalue weighted by atomic mass is 35.5. The van der Waals surface area contributed by atoms with Gasteiger partial charge in [-0.15, -0.1) is 0 Å². The summed E-state index contributed by atoms with van der Waals surface area (Å²) < 4.78 is 37.7. The fourth-order valence-electron chi connectivity index (χ4n) is 1.43. The van der Waals surface area contributed by atoms with Crippen LogP contribution >= 0.6 is 11.6 Å². The van der Waals surface area contributed by atoms with Gasteiger partial charge in [0.2, 0.25) is 0 Å². The van der Waals surface area contributed by atoms with E-state index in [0.29, 0.717) is 5.39 Å². The number of pyridine rings is 1. The van der Waals surface area contributed by atoms with Crippen LogP contribution in [0.4, 0.5) is 13.2 Å². The summed E-state index contributed by atoms with van der Waals surface area (Å²) in [5, 5.41) is 8.49. The Labute approximate surface area is 99.3 Å². The smallest absolute Gasteiger partial charge is 0.237 e. The van der Waals surface area contributed by atoms with Gasteiger partial charge in [-0.05, 0) is 24.3 Å². The molecule has 0 aliphatic carbocycles. The average molecular weight is 257 g/mol. The molecule has 0 aliphatic rings. The van der Waals surface area contributed by atoms with Crippen LogP contribution < -0.4 is 0 Å². The Balaban J connectivity index is 2.72. The topological polar surface area (TPSA) is 36.7 Å². The van der Waals surface area contributed by atoms with Gasteiger partial charge in [-0.3, -0.25) is 0 Å². The molecule has 2 rings (SSSR count). The first kappa shape index (κ1) is 11.7. The Morgan fingerprint density at radius 1 is 1.24 bits per heavy atom. The fourth-order valence-corrected chi connectivity index (χ4v) is 1.69. The van der Waals surface area contributed by atoms with Crippen LogP contribution in [0.25, 0.3) is 10.9 Å². The Bertz CT molecular complexity index is 629. The number of alkyl halides is 3. The Hall–Kier alpha value is -1.80. The van der Waals surface area contributed by atoms with Gasteiger partial charge in [-0.25, -0.2) is 4.98 Å². The predicted octanol–water partition coefficient (Wildman–Crippen LogP) is 3.78. The van der Waals surface area contributed by atoms with Crippen molar-refractivity contribution in [2.24, 2.45) is 0 Å². The monoisotopic (exact) mass is 256 g/mol. The van der Waals surface area contributed by atoms with Crippen molar-refractivity contribution >= 4 is 22.5 Å². The van der Waals surface area contributed by atoms with Crippen molar-refractivity contribution in [1.29, 1.82) is 5.26 Å².